The van der Waals surface area contributed by atoms with Crippen LogP contribution in [0.1, 0.15) is 24.1 Å². The Hall–Kier alpha value is -2.32. The Bertz CT molecular complexity index is 660. The Kier molecular flexibility index (Phi) is 3.54. The summed E-state index contributed by atoms with van der Waals surface area (Å²) in [4.78, 5) is 4.03. The molecule has 0 amide bonds. The number of pyridine rings is 1. The second kappa shape index (κ2) is 5.12. The number of benzene rings is 1. The average molecular weight is 259 g/mol. The van der Waals surface area contributed by atoms with E-state index < -0.39 is 17.2 Å². The third-order valence-corrected chi connectivity index (χ3v) is 2.79. The molecule has 0 saturated heterocycles. The highest BCUT2D eigenvalue weighted by Gasteiger charge is 2.15. The lowest BCUT2D eigenvalue weighted by Gasteiger charge is -2.09. The van der Waals surface area contributed by atoms with E-state index in [1.807, 2.05) is 0 Å². The largest absolute Gasteiger partial charge is 0.324 e. The average Bonchev–Trinajstić information content (AvgIpc) is 2.39. The molecule has 5 heteroatoms. The summed E-state index contributed by atoms with van der Waals surface area (Å²) in [6, 6.07) is 6.95. The van der Waals surface area contributed by atoms with E-state index in [1.54, 1.807) is 19.1 Å². The second-order valence-electron chi connectivity index (χ2n) is 4.16. The van der Waals surface area contributed by atoms with E-state index in [4.69, 9.17) is 11.0 Å². The van der Waals surface area contributed by atoms with Crippen LogP contribution in [0.15, 0.2) is 30.5 Å². The maximum atomic E-state index is 14.0. The van der Waals surface area contributed by atoms with Gasteiger partial charge in [-0.2, -0.15) is 5.26 Å². The van der Waals surface area contributed by atoms with Crippen LogP contribution in [0.4, 0.5) is 8.78 Å². The molecule has 0 bridgehead atoms. The van der Waals surface area contributed by atoms with Crippen molar-refractivity contribution in [1.29, 1.82) is 5.26 Å². The van der Waals surface area contributed by atoms with Gasteiger partial charge in [-0.1, -0.05) is 0 Å². The van der Waals surface area contributed by atoms with Crippen molar-refractivity contribution in [2.45, 2.75) is 13.0 Å². The Morgan fingerprint density at radius 1 is 1.32 bits per heavy atom. The molecule has 0 spiro atoms. The molecule has 3 nitrogen and oxygen atoms in total. The lowest BCUT2D eigenvalue weighted by atomic mass is 10.0. The summed E-state index contributed by atoms with van der Waals surface area (Å²) in [5.41, 5.74) is 6.33. The highest BCUT2D eigenvalue weighted by molar-refractivity contribution is 5.63. The van der Waals surface area contributed by atoms with Crippen molar-refractivity contribution >= 4 is 0 Å². The van der Waals surface area contributed by atoms with Gasteiger partial charge in [0.15, 0.2) is 5.82 Å². The van der Waals surface area contributed by atoms with Gasteiger partial charge in [0, 0.05) is 17.8 Å². The smallest absolute Gasteiger partial charge is 0.153 e. The zero-order chi connectivity index (χ0) is 14.0. The first-order chi connectivity index (χ1) is 9.04. The van der Waals surface area contributed by atoms with Gasteiger partial charge in [-0.05, 0) is 36.8 Å². The molecular formula is C14H11F2N3. The molecule has 1 atom stereocenters. The highest BCUT2D eigenvalue weighted by atomic mass is 19.1. The van der Waals surface area contributed by atoms with Gasteiger partial charge < -0.3 is 5.73 Å². The molecule has 19 heavy (non-hydrogen) atoms. The van der Waals surface area contributed by atoms with Crippen LogP contribution in [-0.4, -0.2) is 4.98 Å². The molecule has 0 aliphatic carbocycles. The van der Waals surface area contributed by atoms with E-state index >= 15 is 0 Å². The Balaban J connectivity index is 2.60. The van der Waals surface area contributed by atoms with Crippen molar-refractivity contribution in [2.75, 3.05) is 0 Å². The first kappa shape index (κ1) is 13.1. The van der Waals surface area contributed by atoms with Gasteiger partial charge in [0.1, 0.15) is 17.4 Å². The van der Waals surface area contributed by atoms with Gasteiger partial charge in [0.2, 0.25) is 0 Å². The van der Waals surface area contributed by atoms with Crippen molar-refractivity contribution in [3.05, 3.63) is 53.2 Å². The molecule has 2 aromatic rings. The van der Waals surface area contributed by atoms with E-state index in [2.05, 4.69) is 4.98 Å². The number of hydrogen-bond acceptors (Lipinski definition) is 3. The van der Waals surface area contributed by atoms with E-state index in [-0.39, 0.29) is 11.6 Å². The maximum Gasteiger partial charge on any atom is 0.153 e. The number of aromatic nitrogens is 1. The van der Waals surface area contributed by atoms with Crippen LogP contribution in [0.5, 0.6) is 0 Å². The SMILES string of the molecule is CC(N)c1ccnc(-c2ccc(F)c(C#N)c2F)c1. The fourth-order valence-corrected chi connectivity index (χ4v) is 1.73. The quantitative estimate of drug-likeness (QED) is 0.901. The van der Waals surface area contributed by atoms with E-state index in [9.17, 15) is 8.78 Å². The Morgan fingerprint density at radius 3 is 2.68 bits per heavy atom. The molecule has 1 aromatic heterocycles. The number of nitrogens with two attached hydrogens (primary N) is 1. The summed E-state index contributed by atoms with van der Waals surface area (Å²) in [6.45, 7) is 1.79. The summed E-state index contributed by atoms with van der Waals surface area (Å²) in [5.74, 6) is -1.79. The summed E-state index contributed by atoms with van der Waals surface area (Å²) < 4.78 is 27.3. The van der Waals surface area contributed by atoms with Gasteiger partial charge in [0.05, 0.1) is 5.69 Å². The molecule has 2 rings (SSSR count). The second-order valence-corrected chi connectivity index (χ2v) is 4.16. The van der Waals surface area contributed by atoms with E-state index in [0.717, 1.165) is 11.6 Å². The third kappa shape index (κ3) is 2.44. The molecule has 0 aliphatic rings. The molecule has 0 saturated carbocycles. The molecule has 1 unspecified atom stereocenters. The molecule has 96 valence electrons. The zero-order valence-electron chi connectivity index (χ0n) is 10.2. The number of halogens is 2. The Morgan fingerprint density at radius 2 is 2.05 bits per heavy atom. The molecular weight excluding hydrogens is 248 g/mol. The summed E-state index contributed by atoms with van der Waals surface area (Å²) in [6.07, 6.45) is 1.50. The van der Waals surface area contributed by atoms with Crippen LogP contribution in [-0.2, 0) is 0 Å². The van der Waals surface area contributed by atoms with Crippen LogP contribution >= 0.6 is 0 Å². The molecule has 1 aromatic carbocycles. The van der Waals surface area contributed by atoms with Crippen LogP contribution in [0.3, 0.4) is 0 Å². The first-order valence-electron chi connectivity index (χ1n) is 5.64. The molecule has 0 fully saturated rings. The molecule has 1 heterocycles. The van der Waals surface area contributed by atoms with Crippen molar-refractivity contribution in [3.63, 3.8) is 0 Å². The fourth-order valence-electron chi connectivity index (χ4n) is 1.73. The fraction of sp³-hybridized carbons (Fsp3) is 0.143. The minimum Gasteiger partial charge on any atom is -0.324 e. The van der Waals surface area contributed by atoms with Crippen LogP contribution in [0.2, 0.25) is 0 Å². The summed E-state index contributed by atoms with van der Waals surface area (Å²) in [7, 11) is 0. The highest BCUT2D eigenvalue weighted by Crippen LogP contribution is 2.26. The van der Waals surface area contributed by atoms with Crippen LogP contribution in [0, 0.1) is 23.0 Å². The van der Waals surface area contributed by atoms with Crippen LogP contribution in [0.25, 0.3) is 11.3 Å². The standard InChI is InChI=1S/C14H11F2N3/c1-8(18)9-4-5-19-13(6-9)10-2-3-12(15)11(7-17)14(10)16/h2-6,8H,18H2,1H3. The zero-order valence-corrected chi connectivity index (χ0v) is 10.2. The van der Waals surface area contributed by atoms with Crippen molar-refractivity contribution in [3.8, 4) is 17.3 Å². The van der Waals surface area contributed by atoms with Crippen LogP contribution < -0.4 is 5.73 Å². The first-order valence-corrected chi connectivity index (χ1v) is 5.64. The van der Waals surface area contributed by atoms with Gasteiger partial charge >= 0.3 is 0 Å². The normalized spacial score (nSPS) is 11.9. The maximum absolute atomic E-state index is 14.0. The lowest BCUT2D eigenvalue weighted by Crippen LogP contribution is -2.05. The van der Waals surface area contributed by atoms with Gasteiger partial charge in [-0.15, -0.1) is 0 Å². The molecule has 0 radical (unpaired) electrons. The minimum absolute atomic E-state index is 0.0838. The van der Waals surface area contributed by atoms with Gasteiger partial charge in [-0.3, -0.25) is 4.98 Å². The predicted octanol–water partition coefficient (Wildman–Crippen LogP) is 2.92. The van der Waals surface area contributed by atoms with Crippen molar-refractivity contribution in [1.82, 2.24) is 4.98 Å². The number of rotatable bonds is 2. The van der Waals surface area contributed by atoms with E-state index in [1.165, 1.54) is 18.3 Å². The third-order valence-electron chi connectivity index (χ3n) is 2.79. The molecule has 0 aliphatic heterocycles. The van der Waals surface area contributed by atoms with E-state index in [0.29, 0.717) is 5.69 Å². The summed E-state index contributed by atoms with van der Waals surface area (Å²) >= 11 is 0. The Labute approximate surface area is 109 Å². The summed E-state index contributed by atoms with van der Waals surface area (Å²) in [5, 5.41) is 8.74. The lowest BCUT2D eigenvalue weighted by molar-refractivity contribution is 0.579. The number of hydrogen-bond donors (Lipinski definition) is 1. The van der Waals surface area contributed by atoms with Crippen molar-refractivity contribution in [2.24, 2.45) is 5.73 Å². The van der Waals surface area contributed by atoms with Gasteiger partial charge in [0.25, 0.3) is 0 Å². The monoisotopic (exact) mass is 259 g/mol. The number of nitriles is 1. The molecule has 2 N–H and O–H groups in total. The number of nitrogens with zero attached hydrogens (tertiary/aromatic N) is 2. The topological polar surface area (TPSA) is 62.7 Å². The minimum atomic E-state index is -0.906. The predicted molar refractivity (Wildman–Crippen MR) is 66.9 cm³/mol. The van der Waals surface area contributed by atoms with Gasteiger partial charge in [-0.25, -0.2) is 8.78 Å². The van der Waals surface area contributed by atoms with Crippen molar-refractivity contribution < 1.29 is 8.78 Å².